The molecular formula is C18H24N2O4. The Kier molecular flexibility index (Phi) is 3.81. The molecule has 1 fully saturated rings. The second kappa shape index (κ2) is 5.46. The van der Waals surface area contributed by atoms with Crippen molar-refractivity contribution >= 4 is 12.1 Å². The SMILES string of the molecule is Cc1cc2c(nc1C)C1(CCN(C(=O)OC(C)(C)C)CC1)OC2=O. The summed E-state index contributed by atoms with van der Waals surface area (Å²) in [6, 6.07) is 1.86. The lowest BCUT2D eigenvalue weighted by molar-refractivity contribution is -0.0487. The van der Waals surface area contributed by atoms with E-state index < -0.39 is 11.2 Å². The van der Waals surface area contributed by atoms with E-state index in [1.54, 1.807) is 4.90 Å². The summed E-state index contributed by atoms with van der Waals surface area (Å²) in [5, 5.41) is 0. The van der Waals surface area contributed by atoms with Crippen LogP contribution in [0.5, 0.6) is 0 Å². The molecule has 3 heterocycles. The molecule has 0 radical (unpaired) electrons. The molecule has 0 atom stereocenters. The number of piperidine rings is 1. The Balaban J connectivity index is 1.79. The normalized spacial score (nSPS) is 19.2. The van der Waals surface area contributed by atoms with Gasteiger partial charge in [0.25, 0.3) is 0 Å². The molecule has 0 saturated carbocycles. The van der Waals surface area contributed by atoms with Crippen molar-refractivity contribution < 1.29 is 19.1 Å². The monoisotopic (exact) mass is 332 g/mol. The van der Waals surface area contributed by atoms with E-state index in [0.29, 0.717) is 31.5 Å². The molecule has 3 rings (SSSR count). The number of hydrogen-bond acceptors (Lipinski definition) is 5. The summed E-state index contributed by atoms with van der Waals surface area (Å²) in [7, 11) is 0. The van der Waals surface area contributed by atoms with Gasteiger partial charge in [0.05, 0.1) is 11.3 Å². The smallest absolute Gasteiger partial charge is 0.410 e. The molecular weight excluding hydrogens is 308 g/mol. The van der Waals surface area contributed by atoms with Gasteiger partial charge in [-0.05, 0) is 46.2 Å². The number of rotatable bonds is 0. The molecule has 1 aromatic rings. The first-order valence-electron chi connectivity index (χ1n) is 8.31. The van der Waals surface area contributed by atoms with Gasteiger partial charge in [0.1, 0.15) is 5.60 Å². The van der Waals surface area contributed by atoms with E-state index in [9.17, 15) is 9.59 Å². The molecule has 0 unspecified atom stereocenters. The summed E-state index contributed by atoms with van der Waals surface area (Å²) in [6.07, 6.45) is 0.760. The van der Waals surface area contributed by atoms with Gasteiger partial charge in [-0.15, -0.1) is 0 Å². The number of hydrogen-bond donors (Lipinski definition) is 0. The van der Waals surface area contributed by atoms with E-state index >= 15 is 0 Å². The molecule has 1 aromatic heterocycles. The van der Waals surface area contributed by atoms with Gasteiger partial charge in [0.15, 0.2) is 5.60 Å². The number of fused-ring (bicyclic) bond motifs is 2. The van der Waals surface area contributed by atoms with Gasteiger partial charge >= 0.3 is 12.1 Å². The van der Waals surface area contributed by atoms with Crippen LogP contribution in [0.2, 0.25) is 0 Å². The summed E-state index contributed by atoms with van der Waals surface area (Å²) < 4.78 is 11.1. The number of nitrogens with zero attached hydrogens (tertiary/aromatic N) is 2. The fraction of sp³-hybridized carbons (Fsp3) is 0.611. The number of carbonyl (C=O) groups is 2. The molecule has 0 aliphatic carbocycles. The fourth-order valence-corrected chi connectivity index (χ4v) is 3.20. The van der Waals surface area contributed by atoms with Crippen molar-refractivity contribution in [2.24, 2.45) is 0 Å². The average Bonchev–Trinajstić information content (AvgIpc) is 2.71. The van der Waals surface area contributed by atoms with Gasteiger partial charge in [0.2, 0.25) is 0 Å². The predicted molar refractivity (Wildman–Crippen MR) is 87.8 cm³/mol. The van der Waals surface area contributed by atoms with Gasteiger partial charge in [-0.3, -0.25) is 4.98 Å². The summed E-state index contributed by atoms with van der Waals surface area (Å²) in [5.74, 6) is -0.314. The maximum Gasteiger partial charge on any atom is 0.410 e. The second-order valence-corrected chi connectivity index (χ2v) is 7.64. The first-order chi connectivity index (χ1) is 11.1. The van der Waals surface area contributed by atoms with Crippen LogP contribution in [0.1, 0.15) is 60.9 Å². The maximum atomic E-state index is 12.2. The molecule has 1 amide bonds. The van der Waals surface area contributed by atoms with Crippen molar-refractivity contribution in [1.29, 1.82) is 0 Å². The molecule has 2 aliphatic heterocycles. The highest BCUT2D eigenvalue weighted by Crippen LogP contribution is 2.43. The van der Waals surface area contributed by atoms with Crippen LogP contribution in [0, 0.1) is 13.8 Å². The van der Waals surface area contributed by atoms with Crippen molar-refractivity contribution in [3.63, 3.8) is 0 Å². The Bertz CT molecular complexity index is 698. The molecule has 6 nitrogen and oxygen atoms in total. The molecule has 2 aliphatic rings. The van der Waals surface area contributed by atoms with Crippen LogP contribution < -0.4 is 0 Å². The van der Waals surface area contributed by atoms with Crippen molar-refractivity contribution in [3.8, 4) is 0 Å². The highest BCUT2D eigenvalue weighted by atomic mass is 16.6. The average molecular weight is 332 g/mol. The molecule has 130 valence electrons. The van der Waals surface area contributed by atoms with Crippen LogP contribution in [0.25, 0.3) is 0 Å². The Morgan fingerprint density at radius 2 is 1.92 bits per heavy atom. The third kappa shape index (κ3) is 2.85. The second-order valence-electron chi connectivity index (χ2n) is 7.64. The van der Waals surface area contributed by atoms with E-state index in [4.69, 9.17) is 9.47 Å². The van der Waals surface area contributed by atoms with E-state index in [-0.39, 0.29) is 12.1 Å². The standard InChI is InChI=1S/C18H24N2O4/c1-11-10-13-14(19-12(11)2)18(23-15(13)21)6-8-20(9-7-18)16(22)24-17(3,4)5/h10H,6-9H2,1-5H3. The Morgan fingerprint density at radius 3 is 2.50 bits per heavy atom. The number of esters is 1. The third-order valence-electron chi connectivity index (χ3n) is 4.63. The summed E-state index contributed by atoms with van der Waals surface area (Å²) in [4.78, 5) is 30.7. The highest BCUT2D eigenvalue weighted by molar-refractivity contribution is 5.94. The zero-order chi connectivity index (χ0) is 17.7. The number of ether oxygens (including phenoxy) is 2. The number of carbonyl (C=O) groups excluding carboxylic acids is 2. The van der Waals surface area contributed by atoms with Gasteiger partial charge in [-0.25, -0.2) is 9.59 Å². The van der Waals surface area contributed by atoms with E-state index in [1.807, 2.05) is 40.7 Å². The largest absolute Gasteiger partial charge is 0.449 e. The summed E-state index contributed by atoms with van der Waals surface area (Å²) in [5.41, 5.74) is 1.94. The summed E-state index contributed by atoms with van der Waals surface area (Å²) in [6.45, 7) is 10.4. The Morgan fingerprint density at radius 1 is 1.29 bits per heavy atom. The molecule has 1 spiro atoms. The number of aryl methyl sites for hydroxylation is 2. The first-order valence-corrected chi connectivity index (χ1v) is 8.31. The van der Waals surface area contributed by atoms with Crippen LogP contribution >= 0.6 is 0 Å². The Hall–Kier alpha value is -2.11. The molecule has 0 bridgehead atoms. The van der Waals surface area contributed by atoms with Gasteiger partial charge in [-0.1, -0.05) is 0 Å². The maximum absolute atomic E-state index is 12.2. The zero-order valence-electron chi connectivity index (χ0n) is 14.9. The van der Waals surface area contributed by atoms with Crippen molar-refractivity contribution in [2.45, 2.75) is 58.7 Å². The van der Waals surface area contributed by atoms with Crippen LogP contribution in [-0.4, -0.2) is 40.6 Å². The van der Waals surface area contributed by atoms with Crippen molar-refractivity contribution in [2.75, 3.05) is 13.1 Å². The first kappa shape index (κ1) is 16.7. The number of amides is 1. The van der Waals surface area contributed by atoms with Crippen molar-refractivity contribution in [1.82, 2.24) is 9.88 Å². The lowest BCUT2D eigenvalue weighted by Gasteiger charge is -2.38. The van der Waals surface area contributed by atoms with E-state index in [0.717, 1.165) is 17.0 Å². The molecule has 6 heteroatoms. The zero-order valence-corrected chi connectivity index (χ0v) is 14.9. The lowest BCUT2D eigenvalue weighted by atomic mass is 9.87. The molecule has 0 aromatic carbocycles. The minimum absolute atomic E-state index is 0.314. The minimum atomic E-state index is -0.705. The van der Waals surface area contributed by atoms with Crippen LogP contribution in [0.4, 0.5) is 4.79 Å². The Labute approximate surface area is 142 Å². The topological polar surface area (TPSA) is 68.7 Å². The highest BCUT2D eigenvalue weighted by Gasteiger charge is 2.49. The quantitative estimate of drug-likeness (QED) is 0.683. The van der Waals surface area contributed by atoms with Gasteiger partial charge < -0.3 is 14.4 Å². The lowest BCUT2D eigenvalue weighted by Crippen LogP contribution is -2.47. The van der Waals surface area contributed by atoms with E-state index in [2.05, 4.69) is 4.98 Å². The minimum Gasteiger partial charge on any atom is -0.449 e. The molecule has 1 saturated heterocycles. The third-order valence-corrected chi connectivity index (χ3v) is 4.63. The predicted octanol–water partition coefficient (Wildman–Crippen LogP) is 3.10. The summed E-state index contributed by atoms with van der Waals surface area (Å²) >= 11 is 0. The number of aromatic nitrogens is 1. The van der Waals surface area contributed by atoms with Crippen LogP contribution in [0.15, 0.2) is 6.07 Å². The van der Waals surface area contributed by atoms with Crippen LogP contribution in [-0.2, 0) is 15.1 Å². The van der Waals surface area contributed by atoms with E-state index in [1.165, 1.54) is 0 Å². The number of pyridine rings is 1. The van der Waals surface area contributed by atoms with Crippen LogP contribution in [0.3, 0.4) is 0 Å². The fourth-order valence-electron chi connectivity index (χ4n) is 3.20. The van der Waals surface area contributed by atoms with Crippen molar-refractivity contribution in [3.05, 3.63) is 28.6 Å². The molecule has 0 N–H and O–H groups in total. The number of likely N-dealkylation sites (tertiary alicyclic amines) is 1. The van der Waals surface area contributed by atoms with Gasteiger partial charge in [-0.2, -0.15) is 0 Å². The molecule has 24 heavy (non-hydrogen) atoms. The van der Waals surface area contributed by atoms with Gasteiger partial charge in [0, 0.05) is 31.6 Å².